The fourth-order valence-corrected chi connectivity index (χ4v) is 2.48. The largest absolute Gasteiger partial charge is 0.396 e. The first kappa shape index (κ1) is 11.0. The summed E-state index contributed by atoms with van der Waals surface area (Å²) in [6, 6.07) is 0. The number of aliphatic hydroxyl groups is 1. The maximum absolute atomic E-state index is 9.20. The summed E-state index contributed by atoms with van der Waals surface area (Å²) >= 11 is 0. The second kappa shape index (κ2) is 4.45. The Hall–Kier alpha value is -0.0400. The quantitative estimate of drug-likeness (QED) is 0.714. The molecular weight excluding hydrogens is 160 g/mol. The van der Waals surface area contributed by atoms with E-state index < -0.39 is 0 Å². The molecule has 1 N–H and O–H groups in total. The van der Waals surface area contributed by atoms with Crippen LogP contribution in [0.3, 0.4) is 0 Å². The maximum atomic E-state index is 9.20. The monoisotopic (exact) mass is 184 g/mol. The van der Waals surface area contributed by atoms with Crippen LogP contribution < -0.4 is 0 Å². The molecule has 1 atom stereocenters. The molecule has 1 nitrogen and oxygen atoms in total. The van der Waals surface area contributed by atoms with Crippen LogP contribution in [0.15, 0.2) is 0 Å². The lowest BCUT2D eigenvalue weighted by Gasteiger charge is -2.41. The van der Waals surface area contributed by atoms with E-state index in [0.29, 0.717) is 17.9 Å². The highest BCUT2D eigenvalue weighted by atomic mass is 16.3. The van der Waals surface area contributed by atoms with Gasteiger partial charge in [-0.2, -0.15) is 0 Å². The normalized spacial score (nSPS) is 23.1. The molecule has 0 spiro atoms. The minimum atomic E-state index is 0.329. The predicted molar refractivity (Wildman–Crippen MR) is 56.6 cm³/mol. The Morgan fingerprint density at radius 3 is 2.23 bits per heavy atom. The van der Waals surface area contributed by atoms with Gasteiger partial charge in [0.25, 0.3) is 0 Å². The van der Waals surface area contributed by atoms with Gasteiger partial charge in [-0.15, -0.1) is 0 Å². The molecule has 0 bridgehead atoms. The van der Waals surface area contributed by atoms with Crippen LogP contribution in [-0.2, 0) is 0 Å². The molecule has 1 rings (SSSR count). The Kier molecular flexibility index (Phi) is 3.78. The van der Waals surface area contributed by atoms with E-state index in [0.717, 1.165) is 5.92 Å². The Labute approximate surface area is 82.5 Å². The SMILES string of the molecule is CC(CO)C(C)(C)C1CCCCC1. The lowest BCUT2D eigenvalue weighted by molar-refractivity contribution is 0.0531. The van der Waals surface area contributed by atoms with Gasteiger partial charge in [0.1, 0.15) is 0 Å². The van der Waals surface area contributed by atoms with Crippen LogP contribution in [-0.4, -0.2) is 11.7 Å². The summed E-state index contributed by atoms with van der Waals surface area (Å²) in [6.45, 7) is 7.16. The molecular formula is C12H24O. The molecule has 0 aliphatic heterocycles. The van der Waals surface area contributed by atoms with Gasteiger partial charge in [-0.3, -0.25) is 0 Å². The van der Waals surface area contributed by atoms with Crippen molar-refractivity contribution in [2.24, 2.45) is 17.3 Å². The molecule has 0 radical (unpaired) electrons. The summed E-state index contributed by atoms with van der Waals surface area (Å²) in [5.41, 5.74) is 0.329. The minimum absolute atomic E-state index is 0.329. The minimum Gasteiger partial charge on any atom is -0.396 e. The fourth-order valence-electron chi connectivity index (χ4n) is 2.48. The van der Waals surface area contributed by atoms with Crippen molar-refractivity contribution in [3.8, 4) is 0 Å². The lowest BCUT2D eigenvalue weighted by Crippen LogP contribution is -2.34. The van der Waals surface area contributed by atoms with Crippen LogP contribution in [0.1, 0.15) is 52.9 Å². The highest BCUT2D eigenvalue weighted by Gasteiger charge is 2.34. The Bertz CT molecular complexity index is 145. The summed E-state index contributed by atoms with van der Waals surface area (Å²) in [6.07, 6.45) is 6.95. The Balaban J connectivity index is 2.55. The van der Waals surface area contributed by atoms with Gasteiger partial charge in [-0.25, -0.2) is 0 Å². The van der Waals surface area contributed by atoms with Crippen LogP contribution in [0.4, 0.5) is 0 Å². The molecule has 1 saturated carbocycles. The summed E-state index contributed by atoms with van der Waals surface area (Å²) in [5, 5.41) is 9.20. The van der Waals surface area contributed by atoms with E-state index in [1.807, 2.05) is 0 Å². The van der Waals surface area contributed by atoms with E-state index in [2.05, 4.69) is 20.8 Å². The number of rotatable bonds is 3. The summed E-state index contributed by atoms with van der Waals surface area (Å²) < 4.78 is 0. The fraction of sp³-hybridized carbons (Fsp3) is 1.00. The average molecular weight is 184 g/mol. The number of hydrogen-bond donors (Lipinski definition) is 1. The molecule has 1 aliphatic carbocycles. The summed E-state index contributed by atoms with van der Waals surface area (Å²) in [4.78, 5) is 0. The third-order valence-electron chi connectivity index (χ3n) is 4.20. The zero-order valence-electron chi connectivity index (χ0n) is 9.34. The van der Waals surface area contributed by atoms with Gasteiger partial charge in [0.05, 0.1) is 0 Å². The van der Waals surface area contributed by atoms with Crippen molar-refractivity contribution >= 4 is 0 Å². The molecule has 1 heteroatoms. The van der Waals surface area contributed by atoms with Crippen molar-refractivity contribution in [2.75, 3.05) is 6.61 Å². The van der Waals surface area contributed by atoms with E-state index in [-0.39, 0.29) is 0 Å². The van der Waals surface area contributed by atoms with E-state index in [1.165, 1.54) is 32.1 Å². The molecule has 0 aromatic heterocycles. The summed E-state index contributed by atoms with van der Waals surface area (Å²) in [5.74, 6) is 1.28. The number of hydrogen-bond acceptors (Lipinski definition) is 1. The molecule has 0 heterocycles. The standard InChI is InChI=1S/C12H24O/c1-10(9-13)12(2,3)11-7-5-4-6-8-11/h10-11,13H,4-9H2,1-3H3. The first-order valence-corrected chi connectivity index (χ1v) is 5.70. The van der Waals surface area contributed by atoms with Gasteiger partial charge in [0, 0.05) is 6.61 Å². The van der Waals surface area contributed by atoms with Crippen LogP contribution in [0.25, 0.3) is 0 Å². The van der Waals surface area contributed by atoms with Crippen molar-refractivity contribution in [2.45, 2.75) is 52.9 Å². The zero-order chi connectivity index (χ0) is 9.90. The van der Waals surface area contributed by atoms with Gasteiger partial charge in [0.2, 0.25) is 0 Å². The van der Waals surface area contributed by atoms with Gasteiger partial charge >= 0.3 is 0 Å². The summed E-state index contributed by atoms with van der Waals surface area (Å²) in [7, 11) is 0. The van der Waals surface area contributed by atoms with Crippen molar-refractivity contribution in [1.29, 1.82) is 0 Å². The lowest BCUT2D eigenvalue weighted by atomic mass is 9.65. The van der Waals surface area contributed by atoms with Gasteiger partial charge in [-0.1, -0.05) is 40.0 Å². The molecule has 78 valence electrons. The van der Waals surface area contributed by atoms with E-state index in [1.54, 1.807) is 0 Å². The third-order valence-corrected chi connectivity index (χ3v) is 4.20. The predicted octanol–water partition coefficient (Wildman–Crippen LogP) is 3.22. The van der Waals surface area contributed by atoms with Crippen molar-refractivity contribution in [3.63, 3.8) is 0 Å². The van der Waals surface area contributed by atoms with Crippen LogP contribution >= 0.6 is 0 Å². The molecule has 0 amide bonds. The molecule has 0 aromatic rings. The molecule has 1 aliphatic rings. The maximum Gasteiger partial charge on any atom is 0.0461 e. The van der Waals surface area contributed by atoms with E-state index in [4.69, 9.17) is 0 Å². The second-order valence-corrected chi connectivity index (χ2v) is 5.24. The molecule has 0 saturated heterocycles. The molecule has 1 fully saturated rings. The van der Waals surface area contributed by atoms with Crippen LogP contribution in [0, 0.1) is 17.3 Å². The van der Waals surface area contributed by atoms with E-state index in [9.17, 15) is 5.11 Å². The van der Waals surface area contributed by atoms with Crippen molar-refractivity contribution in [3.05, 3.63) is 0 Å². The Morgan fingerprint density at radius 2 is 1.77 bits per heavy atom. The Morgan fingerprint density at radius 1 is 1.23 bits per heavy atom. The van der Waals surface area contributed by atoms with Gasteiger partial charge in [0.15, 0.2) is 0 Å². The first-order valence-electron chi connectivity index (χ1n) is 5.70. The van der Waals surface area contributed by atoms with Gasteiger partial charge in [-0.05, 0) is 30.1 Å². The molecule has 0 aromatic carbocycles. The van der Waals surface area contributed by atoms with Gasteiger partial charge < -0.3 is 5.11 Å². The van der Waals surface area contributed by atoms with Crippen molar-refractivity contribution < 1.29 is 5.11 Å². The third kappa shape index (κ3) is 2.46. The number of aliphatic hydroxyl groups excluding tert-OH is 1. The van der Waals surface area contributed by atoms with Crippen LogP contribution in [0.2, 0.25) is 0 Å². The molecule has 13 heavy (non-hydrogen) atoms. The zero-order valence-corrected chi connectivity index (χ0v) is 9.34. The van der Waals surface area contributed by atoms with Crippen molar-refractivity contribution in [1.82, 2.24) is 0 Å². The topological polar surface area (TPSA) is 20.2 Å². The van der Waals surface area contributed by atoms with Crippen LogP contribution in [0.5, 0.6) is 0 Å². The highest BCUT2D eigenvalue weighted by Crippen LogP contribution is 2.42. The average Bonchev–Trinajstić information content (AvgIpc) is 2.18. The smallest absolute Gasteiger partial charge is 0.0461 e. The second-order valence-electron chi connectivity index (χ2n) is 5.24. The highest BCUT2D eigenvalue weighted by molar-refractivity contribution is 4.84. The van der Waals surface area contributed by atoms with E-state index >= 15 is 0 Å². The molecule has 1 unspecified atom stereocenters. The first-order chi connectivity index (χ1) is 6.09.